The highest BCUT2D eigenvalue weighted by molar-refractivity contribution is 5.87. The van der Waals surface area contributed by atoms with Crippen molar-refractivity contribution in [2.24, 2.45) is 13.0 Å². The largest absolute Gasteiger partial charge is 0.437 e. The number of carbonyl (C=O) groups is 2. The minimum atomic E-state index is -0.562. The fourth-order valence-electron chi connectivity index (χ4n) is 4.69. The standard InChI is InChI=1S/C29H38N6O4/c1-20(2)9-8-14-30-26(36)18-34(19-27(37)33(5)35-16-23-10-6-7-11-24(23)17-35)25-15-22(13-12-21(25)3)28-31-32(4)29(38)39-28/h6-7,10-13,15,20H,8-9,14,16-19H2,1-5H3,(H,30,36). The Labute approximate surface area is 229 Å². The fraction of sp³-hybridized carbons (Fsp3) is 0.448. The summed E-state index contributed by atoms with van der Waals surface area (Å²) in [7, 11) is 3.29. The molecule has 0 spiro atoms. The number of anilines is 1. The van der Waals surface area contributed by atoms with E-state index in [1.165, 1.54) is 18.2 Å². The van der Waals surface area contributed by atoms with Gasteiger partial charge in [0.05, 0.1) is 13.1 Å². The molecule has 0 radical (unpaired) electrons. The molecule has 0 aliphatic carbocycles. The monoisotopic (exact) mass is 534 g/mol. The van der Waals surface area contributed by atoms with Gasteiger partial charge >= 0.3 is 5.76 Å². The molecular formula is C29H38N6O4. The topological polar surface area (TPSA) is 104 Å². The molecule has 0 saturated carbocycles. The number of aromatic nitrogens is 2. The molecule has 4 rings (SSSR count). The van der Waals surface area contributed by atoms with Crippen molar-refractivity contribution in [1.29, 1.82) is 0 Å². The molecule has 10 nitrogen and oxygen atoms in total. The van der Waals surface area contributed by atoms with E-state index in [-0.39, 0.29) is 30.8 Å². The number of amides is 2. The van der Waals surface area contributed by atoms with E-state index >= 15 is 0 Å². The van der Waals surface area contributed by atoms with Gasteiger partial charge < -0.3 is 14.6 Å². The quantitative estimate of drug-likeness (QED) is 0.377. The third-order valence-electron chi connectivity index (χ3n) is 7.04. The molecule has 2 heterocycles. The Kier molecular flexibility index (Phi) is 8.86. The van der Waals surface area contributed by atoms with Crippen LogP contribution in [0.1, 0.15) is 43.4 Å². The number of benzene rings is 2. The summed E-state index contributed by atoms with van der Waals surface area (Å²) in [6.07, 6.45) is 1.93. The second kappa shape index (κ2) is 12.3. The van der Waals surface area contributed by atoms with Crippen molar-refractivity contribution in [3.63, 3.8) is 0 Å². The highest BCUT2D eigenvalue weighted by Crippen LogP contribution is 2.28. The first-order chi connectivity index (χ1) is 18.6. The number of fused-ring (bicyclic) bond motifs is 1. The molecule has 208 valence electrons. The molecule has 0 atom stereocenters. The zero-order valence-electron chi connectivity index (χ0n) is 23.4. The van der Waals surface area contributed by atoms with Gasteiger partial charge in [-0.05, 0) is 54.5 Å². The Balaban J connectivity index is 1.54. The molecule has 10 heteroatoms. The Morgan fingerprint density at radius 3 is 2.41 bits per heavy atom. The Bertz CT molecular complexity index is 1350. The minimum Gasteiger partial charge on any atom is -0.388 e. The van der Waals surface area contributed by atoms with E-state index in [9.17, 15) is 14.4 Å². The van der Waals surface area contributed by atoms with Gasteiger partial charge in [0.1, 0.15) is 0 Å². The Hall–Kier alpha value is -3.92. The molecular weight excluding hydrogens is 496 g/mol. The summed E-state index contributed by atoms with van der Waals surface area (Å²) < 4.78 is 6.40. The van der Waals surface area contributed by atoms with E-state index < -0.39 is 5.76 Å². The summed E-state index contributed by atoms with van der Waals surface area (Å²) in [6, 6.07) is 13.7. The lowest BCUT2D eigenvalue weighted by Gasteiger charge is -2.32. The molecule has 0 fully saturated rings. The maximum Gasteiger partial charge on any atom is 0.437 e. The van der Waals surface area contributed by atoms with Crippen molar-refractivity contribution in [2.75, 3.05) is 31.6 Å². The zero-order chi connectivity index (χ0) is 28.1. The predicted octanol–water partition coefficient (Wildman–Crippen LogP) is 3.10. The van der Waals surface area contributed by atoms with Gasteiger partial charge in [-0.25, -0.2) is 9.80 Å². The van der Waals surface area contributed by atoms with Crippen LogP contribution in [0.15, 0.2) is 51.7 Å². The van der Waals surface area contributed by atoms with Gasteiger partial charge in [0.2, 0.25) is 11.8 Å². The second-order valence-electron chi connectivity index (χ2n) is 10.5. The molecule has 1 aliphatic rings. The van der Waals surface area contributed by atoms with Crippen LogP contribution in [0.3, 0.4) is 0 Å². The van der Waals surface area contributed by atoms with E-state index in [1.807, 2.05) is 42.3 Å². The van der Waals surface area contributed by atoms with Crippen molar-refractivity contribution in [1.82, 2.24) is 25.1 Å². The van der Waals surface area contributed by atoms with Crippen LogP contribution in [0.2, 0.25) is 0 Å². The third-order valence-corrected chi connectivity index (χ3v) is 7.04. The lowest BCUT2D eigenvalue weighted by Crippen LogP contribution is -2.48. The van der Waals surface area contributed by atoms with Gasteiger partial charge in [0.15, 0.2) is 0 Å². The van der Waals surface area contributed by atoms with Crippen molar-refractivity contribution in [3.05, 3.63) is 69.7 Å². The molecule has 39 heavy (non-hydrogen) atoms. The van der Waals surface area contributed by atoms with Crippen LogP contribution < -0.4 is 16.0 Å². The summed E-state index contributed by atoms with van der Waals surface area (Å²) >= 11 is 0. The van der Waals surface area contributed by atoms with Gasteiger partial charge in [-0.3, -0.25) is 14.6 Å². The smallest absolute Gasteiger partial charge is 0.388 e. The van der Waals surface area contributed by atoms with Crippen LogP contribution in [-0.4, -0.2) is 58.3 Å². The maximum atomic E-state index is 13.5. The van der Waals surface area contributed by atoms with Crippen molar-refractivity contribution >= 4 is 17.5 Å². The molecule has 0 bridgehead atoms. The number of carbonyl (C=O) groups excluding carboxylic acids is 2. The SMILES string of the molecule is Cc1ccc(-c2nn(C)c(=O)o2)cc1N(CC(=O)NCCCC(C)C)CC(=O)N(C)N1Cc2ccccc2C1. The summed E-state index contributed by atoms with van der Waals surface area (Å²) in [5, 5.41) is 10.8. The van der Waals surface area contributed by atoms with Crippen LogP contribution in [0.5, 0.6) is 0 Å². The highest BCUT2D eigenvalue weighted by atomic mass is 16.4. The second-order valence-corrected chi connectivity index (χ2v) is 10.5. The van der Waals surface area contributed by atoms with Gasteiger partial charge in [0, 0.05) is 45.0 Å². The first-order valence-electron chi connectivity index (χ1n) is 13.4. The number of aryl methyl sites for hydroxylation is 2. The summed E-state index contributed by atoms with van der Waals surface area (Å²) in [5.41, 5.74) is 4.58. The van der Waals surface area contributed by atoms with Crippen LogP contribution in [-0.2, 0) is 29.7 Å². The van der Waals surface area contributed by atoms with Gasteiger partial charge in [-0.2, -0.15) is 4.68 Å². The molecule has 0 unspecified atom stereocenters. The zero-order valence-corrected chi connectivity index (χ0v) is 23.4. The average molecular weight is 535 g/mol. The lowest BCUT2D eigenvalue weighted by atomic mass is 10.1. The summed E-state index contributed by atoms with van der Waals surface area (Å²) in [4.78, 5) is 40.1. The molecule has 2 amide bonds. The van der Waals surface area contributed by atoms with E-state index in [0.29, 0.717) is 36.8 Å². The van der Waals surface area contributed by atoms with Crippen LogP contribution >= 0.6 is 0 Å². The minimum absolute atomic E-state index is 0.000774. The number of likely N-dealkylation sites (N-methyl/N-ethyl adjacent to an activating group) is 1. The van der Waals surface area contributed by atoms with Crippen LogP contribution in [0, 0.1) is 12.8 Å². The summed E-state index contributed by atoms with van der Waals surface area (Å²) in [5.74, 6) is -0.102. The molecule has 1 aromatic heterocycles. The average Bonchev–Trinajstić information content (AvgIpc) is 3.48. The van der Waals surface area contributed by atoms with E-state index in [1.54, 1.807) is 17.0 Å². The number of hydrogen-bond acceptors (Lipinski definition) is 7. The van der Waals surface area contributed by atoms with E-state index in [2.05, 4.69) is 36.4 Å². The highest BCUT2D eigenvalue weighted by Gasteiger charge is 2.27. The first-order valence-corrected chi connectivity index (χ1v) is 13.4. The molecule has 1 N–H and O–H groups in total. The number of rotatable bonds is 11. The lowest BCUT2D eigenvalue weighted by molar-refractivity contribution is -0.145. The first kappa shape index (κ1) is 28.1. The third kappa shape index (κ3) is 6.94. The van der Waals surface area contributed by atoms with Gasteiger partial charge in [-0.15, -0.1) is 5.10 Å². The Morgan fingerprint density at radius 1 is 1.10 bits per heavy atom. The van der Waals surface area contributed by atoms with Crippen molar-refractivity contribution in [2.45, 2.75) is 46.7 Å². The van der Waals surface area contributed by atoms with E-state index in [4.69, 9.17) is 4.42 Å². The van der Waals surface area contributed by atoms with Gasteiger partial charge in [0.25, 0.3) is 5.91 Å². The number of nitrogens with one attached hydrogen (secondary N) is 1. The van der Waals surface area contributed by atoms with Crippen molar-refractivity contribution < 1.29 is 14.0 Å². The number of nitrogens with zero attached hydrogens (tertiary/aromatic N) is 5. The number of hydrazine groups is 1. The molecule has 2 aromatic carbocycles. The predicted molar refractivity (Wildman–Crippen MR) is 150 cm³/mol. The fourth-order valence-corrected chi connectivity index (χ4v) is 4.69. The molecule has 0 saturated heterocycles. The maximum absolute atomic E-state index is 13.5. The van der Waals surface area contributed by atoms with Gasteiger partial charge in [-0.1, -0.05) is 44.2 Å². The summed E-state index contributed by atoms with van der Waals surface area (Å²) in [6.45, 7) is 8.14. The Morgan fingerprint density at radius 2 is 1.79 bits per heavy atom. The van der Waals surface area contributed by atoms with E-state index in [0.717, 1.165) is 23.1 Å². The van der Waals surface area contributed by atoms with Crippen molar-refractivity contribution in [3.8, 4) is 11.5 Å². The normalized spacial score (nSPS) is 13.0. The number of hydrogen-bond donors (Lipinski definition) is 1. The van der Waals surface area contributed by atoms with Crippen LogP contribution in [0.25, 0.3) is 11.5 Å². The van der Waals surface area contributed by atoms with Crippen LogP contribution in [0.4, 0.5) is 5.69 Å². The molecule has 1 aliphatic heterocycles. The molecule has 3 aromatic rings.